The second-order valence-corrected chi connectivity index (χ2v) is 3.54. The topological polar surface area (TPSA) is 69.2 Å². The predicted molar refractivity (Wildman–Crippen MR) is 53.4 cm³/mol. The lowest BCUT2D eigenvalue weighted by atomic mass is 10.1. The van der Waals surface area contributed by atoms with Crippen molar-refractivity contribution in [3.8, 4) is 0 Å². The van der Waals surface area contributed by atoms with Crippen molar-refractivity contribution in [1.82, 2.24) is 0 Å². The molecular formula is C8H9BrN2O2. The van der Waals surface area contributed by atoms with Crippen molar-refractivity contribution in [2.75, 3.05) is 0 Å². The summed E-state index contributed by atoms with van der Waals surface area (Å²) in [7, 11) is 0. The first-order valence-corrected chi connectivity index (χ1v) is 4.49. The van der Waals surface area contributed by atoms with Gasteiger partial charge in [0.2, 0.25) is 0 Å². The average Bonchev–Trinajstić information content (AvgIpc) is 2.09. The van der Waals surface area contributed by atoms with Gasteiger partial charge in [-0.1, -0.05) is 15.9 Å². The Kier molecular flexibility index (Phi) is 3.00. The zero-order chi connectivity index (χ0) is 10.0. The monoisotopic (exact) mass is 244 g/mol. The number of nitrogens with zero attached hydrogens (tertiary/aromatic N) is 1. The number of hydrogen-bond donors (Lipinski definition) is 1. The molecular weight excluding hydrogens is 236 g/mol. The Morgan fingerprint density at radius 2 is 2.23 bits per heavy atom. The van der Waals surface area contributed by atoms with Crippen molar-refractivity contribution >= 4 is 21.6 Å². The molecule has 0 aliphatic carbocycles. The third-order valence-electron chi connectivity index (χ3n) is 1.81. The number of halogens is 1. The largest absolute Gasteiger partial charge is 0.326 e. The molecule has 0 atom stereocenters. The summed E-state index contributed by atoms with van der Waals surface area (Å²) in [5.41, 5.74) is 6.88. The maximum Gasteiger partial charge on any atom is 0.273 e. The Morgan fingerprint density at radius 3 is 2.69 bits per heavy atom. The molecule has 1 aromatic carbocycles. The molecule has 0 bridgehead atoms. The maximum absolute atomic E-state index is 10.6. The maximum atomic E-state index is 10.6. The van der Waals surface area contributed by atoms with Crippen LogP contribution in [0.15, 0.2) is 16.6 Å². The fraction of sp³-hybridized carbons (Fsp3) is 0.250. The molecule has 0 radical (unpaired) electrons. The average molecular weight is 245 g/mol. The Labute approximate surface area is 84.0 Å². The van der Waals surface area contributed by atoms with Gasteiger partial charge >= 0.3 is 0 Å². The zero-order valence-corrected chi connectivity index (χ0v) is 8.67. The van der Waals surface area contributed by atoms with Gasteiger partial charge in [0.1, 0.15) is 0 Å². The van der Waals surface area contributed by atoms with Crippen LogP contribution in [-0.2, 0) is 6.54 Å². The molecule has 0 aromatic heterocycles. The summed E-state index contributed by atoms with van der Waals surface area (Å²) in [6, 6.07) is 3.29. The van der Waals surface area contributed by atoms with Crippen LogP contribution in [0, 0.1) is 17.0 Å². The highest BCUT2D eigenvalue weighted by Gasteiger charge is 2.13. The SMILES string of the molecule is Cc1c(Br)cc(CN)cc1[N+](=O)[O-]. The molecule has 0 aliphatic heterocycles. The van der Waals surface area contributed by atoms with Crippen LogP contribution in [0.25, 0.3) is 0 Å². The van der Waals surface area contributed by atoms with Gasteiger partial charge in [-0.25, -0.2) is 0 Å². The number of nitrogens with two attached hydrogens (primary N) is 1. The number of rotatable bonds is 2. The quantitative estimate of drug-likeness (QED) is 0.640. The van der Waals surface area contributed by atoms with Crippen LogP contribution >= 0.6 is 15.9 Å². The van der Waals surface area contributed by atoms with Gasteiger partial charge in [0.05, 0.1) is 4.92 Å². The summed E-state index contributed by atoms with van der Waals surface area (Å²) in [6.07, 6.45) is 0. The van der Waals surface area contributed by atoms with Crippen molar-refractivity contribution in [2.45, 2.75) is 13.5 Å². The van der Waals surface area contributed by atoms with Crippen molar-refractivity contribution in [1.29, 1.82) is 0 Å². The van der Waals surface area contributed by atoms with Crippen LogP contribution in [0.2, 0.25) is 0 Å². The number of nitro groups is 1. The van der Waals surface area contributed by atoms with E-state index in [1.54, 1.807) is 13.0 Å². The summed E-state index contributed by atoms with van der Waals surface area (Å²) in [4.78, 5) is 10.2. The van der Waals surface area contributed by atoms with Gasteiger partial charge in [0.15, 0.2) is 0 Å². The highest BCUT2D eigenvalue weighted by Crippen LogP contribution is 2.27. The first-order valence-electron chi connectivity index (χ1n) is 3.69. The molecule has 0 saturated carbocycles. The third-order valence-corrected chi connectivity index (χ3v) is 2.63. The van der Waals surface area contributed by atoms with Gasteiger partial charge in [-0.15, -0.1) is 0 Å². The van der Waals surface area contributed by atoms with Gasteiger partial charge < -0.3 is 5.73 Å². The van der Waals surface area contributed by atoms with Crippen molar-refractivity contribution in [3.63, 3.8) is 0 Å². The Morgan fingerprint density at radius 1 is 1.62 bits per heavy atom. The molecule has 0 saturated heterocycles. The van der Waals surface area contributed by atoms with E-state index >= 15 is 0 Å². The first-order chi connectivity index (χ1) is 6.06. The molecule has 13 heavy (non-hydrogen) atoms. The first kappa shape index (κ1) is 10.1. The fourth-order valence-electron chi connectivity index (χ4n) is 1.03. The highest BCUT2D eigenvalue weighted by molar-refractivity contribution is 9.10. The summed E-state index contributed by atoms with van der Waals surface area (Å²) < 4.78 is 0.724. The Balaban J connectivity index is 3.33. The molecule has 1 aromatic rings. The van der Waals surface area contributed by atoms with Gasteiger partial charge in [-0.2, -0.15) is 0 Å². The van der Waals surface area contributed by atoms with Crippen LogP contribution in [0.1, 0.15) is 11.1 Å². The molecule has 0 spiro atoms. The summed E-state index contributed by atoms with van der Waals surface area (Å²) in [5, 5.41) is 10.6. The van der Waals surface area contributed by atoms with E-state index in [0.29, 0.717) is 12.1 Å². The minimum absolute atomic E-state index is 0.106. The van der Waals surface area contributed by atoms with Crippen LogP contribution in [0.5, 0.6) is 0 Å². The summed E-state index contributed by atoms with van der Waals surface area (Å²) in [5.74, 6) is 0. The van der Waals surface area contributed by atoms with Gasteiger partial charge in [0, 0.05) is 22.6 Å². The minimum atomic E-state index is -0.404. The van der Waals surface area contributed by atoms with Crippen LogP contribution < -0.4 is 5.73 Å². The highest BCUT2D eigenvalue weighted by atomic mass is 79.9. The third kappa shape index (κ3) is 2.05. The van der Waals surface area contributed by atoms with Crippen LogP contribution in [0.4, 0.5) is 5.69 Å². The smallest absolute Gasteiger partial charge is 0.273 e. The van der Waals surface area contributed by atoms with Crippen LogP contribution in [0.3, 0.4) is 0 Å². The van der Waals surface area contributed by atoms with E-state index in [9.17, 15) is 10.1 Å². The van der Waals surface area contributed by atoms with Gasteiger partial charge in [0.25, 0.3) is 5.69 Å². The molecule has 0 fully saturated rings. The predicted octanol–water partition coefficient (Wildman–Crippen LogP) is 2.12. The van der Waals surface area contributed by atoms with Crippen molar-refractivity contribution in [3.05, 3.63) is 37.8 Å². The lowest BCUT2D eigenvalue weighted by molar-refractivity contribution is -0.385. The fourth-order valence-corrected chi connectivity index (χ4v) is 1.52. The van der Waals surface area contributed by atoms with Crippen molar-refractivity contribution < 1.29 is 4.92 Å². The Bertz CT molecular complexity index is 352. The van der Waals surface area contributed by atoms with E-state index in [0.717, 1.165) is 10.0 Å². The molecule has 0 amide bonds. The number of nitro benzene ring substituents is 1. The standard InChI is InChI=1S/C8H9BrN2O2/c1-5-7(9)2-6(4-10)3-8(5)11(12)13/h2-3H,4,10H2,1H3. The zero-order valence-electron chi connectivity index (χ0n) is 7.08. The van der Waals surface area contributed by atoms with Crippen LogP contribution in [-0.4, -0.2) is 4.92 Å². The lowest BCUT2D eigenvalue weighted by Gasteiger charge is -2.02. The molecule has 2 N–H and O–H groups in total. The van der Waals surface area contributed by atoms with Crippen molar-refractivity contribution in [2.24, 2.45) is 5.73 Å². The van der Waals surface area contributed by atoms with Gasteiger partial charge in [-0.3, -0.25) is 10.1 Å². The van der Waals surface area contributed by atoms with E-state index in [4.69, 9.17) is 5.73 Å². The molecule has 0 heterocycles. The molecule has 0 unspecified atom stereocenters. The van der Waals surface area contributed by atoms with E-state index in [-0.39, 0.29) is 5.69 Å². The molecule has 0 aliphatic rings. The number of hydrogen-bond acceptors (Lipinski definition) is 3. The van der Waals surface area contributed by atoms with Gasteiger partial charge in [-0.05, 0) is 18.6 Å². The molecule has 1 rings (SSSR count). The summed E-state index contributed by atoms with van der Waals surface area (Å²) >= 11 is 3.25. The normalized spacial score (nSPS) is 10.1. The minimum Gasteiger partial charge on any atom is -0.326 e. The second kappa shape index (κ2) is 3.85. The lowest BCUT2D eigenvalue weighted by Crippen LogP contribution is -2.00. The molecule has 5 heteroatoms. The molecule has 70 valence electrons. The summed E-state index contributed by atoms with van der Waals surface area (Å²) in [6.45, 7) is 2.00. The van der Waals surface area contributed by atoms with E-state index in [2.05, 4.69) is 15.9 Å². The van der Waals surface area contributed by atoms with E-state index < -0.39 is 4.92 Å². The van der Waals surface area contributed by atoms with E-state index in [1.807, 2.05) is 0 Å². The Hall–Kier alpha value is -0.940. The number of benzene rings is 1. The second-order valence-electron chi connectivity index (χ2n) is 2.68. The molecule has 4 nitrogen and oxygen atoms in total. The van der Waals surface area contributed by atoms with E-state index in [1.165, 1.54) is 6.07 Å².